The number of fused-ring (bicyclic) bond motifs is 1. The number of thiazole rings is 1. The van der Waals surface area contributed by atoms with E-state index in [-0.39, 0.29) is 5.91 Å². The third-order valence-corrected chi connectivity index (χ3v) is 5.05. The molecule has 94 valence electrons. The predicted octanol–water partition coefficient (Wildman–Crippen LogP) is 2.45. The van der Waals surface area contributed by atoms with E-state index in [4.69, 9.17) is 5.73 Å². The summed E-state index contributed by atoms with van der Waals surface area (Å²) in [6, 6.07) is 5.75. The fourth-order valence-electron chi connectivity index (χ4n) is 1.69. The molecule has 1 aromatic heterocycles. The van der Waals surface area contributed by atoms with Crippen LogP contribution in [0.15, 0.2) is 22.5 Å². The third kappa shape index (κ3) is 2.11. The second kappa shape index (κ2) is 4.22. The van der Waals surface area contributed by atoms with Gasteiger partial charge in [-0.1, -0.05) is 11.8 Å². The van der Waals surface area contributed by atoms with Gasteiger partial charge >= 0.3 is 0 Å². The topological polar surface area (TPSA) is 68.0 Å². The van der Waals surface area contributed by atoms with Gasteiger partial charge in [0.15, 0.2) is 4.34 Å². The molecule has 0 atom stereocenters. The summed E-state index contributed by atoms with van der Waals surface area (Å²) in [4.78, 5) is 16.3. The van der Waals surface area contributed by atoms with E-state index in [0.29, 0.717) is 0 Å². The van der Waals surface area contributed by atoms with Gasteiger partial charge in [0.25, 0.3) is 0 Å². The van der Waals surface area contributed by atoms with Crippen LogP contribution in [0.1, 0.15) is 12.8 Å². The fraction of sp³-hybridized carbons (Fsp3) is 0.333. The highest BCUT2D eigenvalue weighted by Crippen LogP contribution is 2.34. The molecule has 1 amide bonds. The molecule has 0 saturated heterocycles. The number of anilines is 1. The number of carbonyl (C=O) groups excluding carboxylic acids is 1. The minimum absolute atomic E-state index is 0.0866. The van der Waals surface area contributed by atoms with E-state index < -0.39 is 5.54 Å². The van der Waals surface area contributed by atoms with E-state index in [1.807, 2.05) is 24.5 Å². The molecule has 0 spiro atoms. The molecule has 0 radical (unpaired) electrons. The Labute approximate surface area is 113 Å². The fourth-order valence-corrected chi connectivity index (χ4v) is 3.21. The number of benzene rings is 1. The zero-order valence-electron chi connectivity index (χ0n) is 9.90. The van der Waals surface area contributed by atoms with Crippen molar-refractivity contribution in [2.75, 3.05) is 11.6 Å². The molecule has 3 rings (SSSR count). The summed E-state index contributed by atoms with van der Waals surface area (Å²) in [5, 5.41) is 2.87. The van der Waals surface area contributed by atoms with Crippen molar-refractivity contribution in [3.63, 3.8) is 0 Å². The van der Waals surface area contributed by atoms with Gasteiger partial charge in [-0.3, -0.25) is 4.79 Å². The number of hydrogen-bond acceptors (Lipinski definition) is 5. The molecule has 3 N–H and O–H groups in total. The van der Waals surface area contributed by atoms with Gasteiger partial charge in [-0.25, -0.2) is 4.98 Å². The summed E-state index contributed by atoms with van der Waals surface area (Å²) >= 11 is 3.26. The molecule has 6 heteroatoms. The van der Waals surface area contributed by atoms with Gasteiger partial charge in [0.1, 0.15) is 0 Å². The molecule has 18 heavy (non-hydrogen) atoms. The average Bonchev–Trinajstić information content (AvgIpc) is 2.98. The Balaban J connectivity index is 1.86. The van der Waals surface area contributed by atoms with Gasteiger partial charge in [0.2, 0.25) is 5.91 Å². The normalized spacial score (nSPS) is 16.8. The average molecular weight is 279 g/mol. The van der Waals surface area contributed by atoms with Crippen LogP contribution in [-0.4, -0.2) is 22.7 Å². The zero-order chi connectivity index (χ0) is 12.8. The standard InChI is InChI=1S/C12H13N3OS2/c1-17-11-15-8-3-2-7(6-9(8)18-11)14-10(16)12(13)4-5-12/h2-3,6H,4-5,13H2,1H3,(H,14,16). The van der Waals surface area contributed by atoms with Gasteiger partial charge in [-0.15, -0.1) is 11.3 Å². The van der Waals surface area contributed by atoms with Gasteiger partial charge in [0, 0.05) is 5.69 Å². The van der Waals surface area contributed by atoms with E-state index in [1.54, 1.807) is 23.1 Å². The second-order valence-corrected chi connectivity index (χ2v) is 6.56. The Hall–Kier alpha value is -1.11. The summed E-state index contributed by atoms with van der Waals surface area (Å²) in [5.41, 5.74) is 6.98. The van der Waals surface area contributed by atoms with Crippen molar-refractivity contribution in [3.05, 3.63) is 18.2 Å². The number of nitrogens with one attached hydrogen (secondary N) is 1. The van der Waals surface area contributed by atoms with E-state index >= 15 is 0 Å². The summed E-state index contributed by atoms with van der Waals surface area (Å²) in [6.45, 7) is 0. The van der Waals surface area contributed by atoms with Crippen molar-refractivity contribution in [2.45, 2.75) is 22.7 Å². The van der Waals surface area contributed by atoms with E-state index in [1.165, 1.54) is 0 Å². The van der Waals surface area contributed by atoms with Crippen LogP contribution in [0.3, 0.4) is 0 Å². The summed E-state index contributed by atoms with van der Waals surface area (Å²) in [6.07, 6.45) is 3.56. The van der Waals surface area contributed by atoms with Crippen LogP contribution >= 0.6 is 23.1 Å². The zero-order valence-corrected chi connectivity index (χ0v) is 11.5. The molecule has 4 nitrogen and oxygen atoms in total. The highest BCUT2D eigenvalue weighted by Gasteiger charge is 2.45. The van der Waals surface area contributed by atoms with Crippen molar-refractivity contribution >= 4 is 44.9 Å². The molecule has 1 saturated carbocycles. The van der Waals surface area contributed by atoms with Crippen LogP contribution in [0, 0.1) is 0 Å². The predicted molar refractivity (Wildman–Crippen MR) is 76.2 cm³/mol. The molecule has 1 heterocycles. The summed E-state index contributed by atoms with van der Waals surface area (Å²) in [5.74, 6) is -0.0866. The molecule has 1 aliphatic carbocycles. The summed E-state index contributed by atoms with van der Waals surface area (Å²) in [7, 11) is 0. The Morgan fingerprint density at radius 1 is 1.56 bits per heavy atom. The number of rotatable bonds is 3. The van der Waals surface area contributed by atoms with E-state index in [2.05, 4.69) is 10.3 Å². The number of nitrogens with zero attached hydrogens (tertiary/aromatic N) is 1. The van der Waals surface area contributed by atoms with Crippen molar-refractivity contribution in [3.8, 4) is 0 Å². The van der Waals surface area contributed by atoms with Crippen LogP contribution in [-0.2, 0) is 4.79 Å². The van der Waals surface area contributed by atoms with Crippen LogP contribution in [0.5, 0.6) is 0 Å². The Morgan fingerprint density at radius 3 is 3.00 bits per heavy atom. The van der Waals surface area contributed by atoms with Crippen molar-refractivity contribution < 1.29 is 4.79 Å². The SMILES string of the molecule is CSc1nc2ccc(NC(=O)C3(N)CC3)cc2s1. The second-order valence-electron chi connectivity index (χ2n) is 4.48. The number of amides is 1. The lowest BCUT2D eigenvalue weighted by molar-refractivity contribution is -0.118. The van der Waals surface area contributed by atoms with E-state index in [9.17, 15) is 4.79 Å². The van der Waals surface area contributed by atoms with Crippen molar-refractivity contribution in [1.82, 2.24) is 4.98 Å². The van der Waals surface area contributed by atoms with Crippen molar-refractivity contribution in [1.29, 1.82) is 0 Å². The minimum atomic E-state index is -0.632. The largest absolute Gasteiger partial charge is 0.324 e. The van der Waals surface area contributed by atoms with E-state index in [0.717, 1.165) is 33.1 Å². The first-order valence-corrected chi connectivity index (χ1v) is 7.70. The van der Waals surface area contributed by atoms with Crippen LogP contribution < -0.4 is 11.1 Å². The molecular formula is C12H13N3OS2. The Kier molecular flexibility index (Phi) is 2.80. The van der Waals surface area contributed by atoms with Gasteiger partial charge < -0.3 is 11.1 Å². The van der Waals surface area contributed by atoms with Crippen LogP contribution in [0.25, 0.3) is 10.2 Å². The Morgan fingerprint density at radius 2 is 2.33 bits per heavy atom. The summed E-state index contributed by atoms with van der Waals surface area (Å²) < 4.78 is 2.12. The van der Waals surface area contributed by atoms with Crippen LogP contribution in [0.2, 0.25) is 0 Å². The molecule has 0 bridgehead atoms. The first kappa shape index (κ1) is 12.0. The lowest BCUT2D eigenvalue weighted by atomic mass is 10.2. The highest BCUT2D eigenvalue weighted by atomic mass is 32.2. The Bertz CT molecular complexity index is 619. The molecule has 1 aromatic carbocycles. The third-order valence-electron chi connectivity index (χ3n) is 3.04. The maximum absolute atomic E-state index is 11.8. The number of aromatic nitrogens is 1. The molecule has 0 unspecified atom stereocenters. The van der Waals surface area contributed by atoms with Crippen molar-refractivity contribution in [2.24, 2.45) is 5.73 Å². The van der Waals surface area contributed by atoms with Gasteiger partial charge in [-0.05, 0) is 37.3 Å². The number of hydrogen-bond donors (Lipinski definition) is 2. The number of nitrogens with two attached hydrogens (primary N) is 1. The quantitative estimate of drug-likeness (QED) is 0.847. The lowest BCUT2D eigenvalue weighted by Crippen LogP contribution is -2.37. The van der Waals surface area contributed by atoms with Gasteiger partial charge in [-0.2, -0.15) is 0 Å². The van der Waals surface area contributed by atoms with Gasteiger partial charge in [0.05, 0.1) is 15.8 Å². The monoisotopic (exact) mass is 279 g/mol. The molecule has 1 aliphatic rings. The highest BCUT2D eigenvalue weighted by molar-refractivity contribution is 8.00. The number of carbonyl (C=O) groups is 1. The van der Waals surface area contributed by atoms with Crippen LogP contribution in [0.4, 0.5) is 5.69 Å². The first-order chi connectivity index (χ1) is 8.60. The number of thioether (sulfide) groups is 1. The maximum Gasteiger partial charge on any atom is 0.244 e. The molecule has 0 aliphatic heterocycles. The lowest BCUT2D eigenvalue weighted by Gasteiger charge is -2.09. The molecule has 1 fully saturated rings. The minimum Gasteiger partial charge on any atom is -0.324 e. The maximum atomic E-state index is 11.8. The smallest absolute Gasteiger partial charge is 0.244 e. The molecule has 2 aromatic rings. The first-order valence-electron chi connectivity index (χ1n) is 5.66. The molecular weight excluding hydrogens is 266 g/mol.